The second-order valence-electron chi connectivity index (χ2n) is 14.6. The number of allylic oxidation sites excluding steroid dienone is 4. The van der Waals surface area contributed by atoms with E-state index < -0.39 is 5.92 Å². The van der Waals surface area contributed by atoms with Crippen molar-refractivity contribution in [2.75, 3.05) is 11.9 Å². The van der Waals surface area contributed by atoms with Gasteiger partial charge >= 0.3 is 0 Å². The molecule has 0 unspecified atom stereocenters. The number of hydrogen-bond donors (Lipinski definition) is 1. The van der Waals surface area contributed by atoms with Gasteiger partial charge in [-0.2, -0.15) is 0 Å². The maximum Gasteiger partial charge on any atom is 0.262 e. The molecule has 6 nitrogen and oxygen atoms in total. The summed E-state index contributed by atoms with van der Waals surface area (Å²) >= 11 is 12.9. The van der Waals surface area contributed by atoms with Crippen LogP contribution in [-0.4, -0.2) is 29.0 Å². The van der Waals surface area contributed by atoms with Crippen LogP contribution in [0, 0.1) is 17.8 Å². The van der Waals surface area contributed by atoms with Crippen molar-refractivity contribution in [2.45, 2.75) is 72.8 Å². The molecule has 1 N–H and O–H groups in total. The lowest BCUT2D eigenvalue weighted by molar-refractivity contribution is -0.120. The van der Waals surface area contributed by atoms with Gasteiger partial charge in [0.1, 0.15) is 5.75 Å². The van der Waals surface area contributed by atoms with E-state index in [1.54, 1.807) is 30.3 Å². The maximum atomic E-state index is 14.3. The third-order valence-corrected chi connectivity index (χ3v) is 9.94. The highest BCUT2D eigenvalue weighted by Gasteiger charge is 2.49. The van der Waals surface area contributed by atoms with Crippen LogP contribution in [0.25, 0.3) is 0 Å². The van der Waals surface area contributed by atoms with Crippen LogP contribution in [0.1, 0.15) is 76.0 Å². The fraction of sp³-hybridized carbons (Fsp3) is 0.359. The van der Waals surface area contributed by atoms with Crippen LogP contribution in [0.4, 0.5) is 5.69 Å². The highest BCUT2D eigenvalue weighted by molar-refractivity contribution is 6.31. The molecule has 0 aromatic heterocycles. The Bertz CT molecular complexity index is 1790. The number of Topliss-reactive ketones (excluding diaryl/α,β-unsaturated/α-hetero) is 2. The molecule has 0 bridgehead atoms. The average molecular weight is 672 g/mol. The number of amides is 1. The number of carbonyl (C=O) groups excluding carboxylic acids is 3. The number of nitrogens with zero attached hydrogens (tertiary/aromatic N) is 1. The quantitative estimate of drug-likeness (QED) is 0.271. The lowest BCUT2D eigenvalue weighted by Gasteiger charge is -2.49. The number of aryl methyl sites for hydroxylation is 1. The summed E-state index contributed by atoms with van der Waals surface area (Å²) in [6.45, 7) is 10.7. The molecule has 47 heavy (non-hydrogen) atoms. The standard InChI is InChI=1S/C39H40Cl2N2O4/c1-23-11-13-26(16-28(23)41)42-34(46)22-47-33-14-12-25(40)15-27(33)35-36-29(17-38(2,3)19-31(36)44)43(21-24-9-7-6-8-10-24)30-18-39(4,5)20-32(45)37(30)35/h6-16,35H,17-22H2,1-5H3,(H,42,46). The maximum absolute atomic E-state index is 14.3. The zero-order valence-corrected chi connectivity index (χ0v) is 29.0. The van der Waals surface area contributed by atoms with E-state index in [1.807, 2.05) is 31.2 Å². The smallest absolute Gasteiger partial charge is 0.262 e. The minimum absolute atomic E-state index is 0.0170. The van der Waals surface area contributed by atoms with Gasteiger partial charge in [-0.25, -0.2) is 0 Å². The van der Waals surface area contributed by atoms with Gasteiger partial charge in [0.25, 0.3) is 5.91 Å². The van der Waals surface area contributed by atoms with Gasteiger partial charge in [-0.15, -0.1) is 0 Å². The van der Waals surface area contributed by atoms with E-state index in [2.05, 4.69) is 50.0 Å². The van der Waals surface area contributed by atoms with E-state index in [9.17, 15) is 14.4 Å². The molecule has 3 aliphatic rings. The fourth-order valence-corrected chi connectivity index (χ4v) is 7.56. The zero-order valence-electron chi connectivity index (χ0n) is 27.5. The van der Waals surface area contributed by atoms with Gasteiger partial charge in [0.15, 0.2) is 18.2 Å². The molecule has 0 fully saturated rings. The van der Waals surface area contributed by atoms with E-state index in [0.717, 1.165) is 22.5 Å². The Labute approximate surface area is 286 Å². The molecule has 1 aliphatic heterocycles. The predicted octanol–water partition coefficient (Wildman–Crippen LogP) is 9.21. The first kappa shape index (κ1) is 33.0. The molecule has 3 aromatic carbocycles. The highest BCUT2D eigenvalue weighted by Crippen LogP contribution is 2.56. The van der Waals surface area contributed by atoms with Crippen molar-refractivity contribution >= 4 is 46.4 Å². The molecular weight excluding hydrogens is 631 g/mol. The second kappa shape index (κ2) is 12.6. The van der Waals surface area contributed by atoms with Crippen LogP contribution in [0.5, 0.6) is 5.75 Å². The van der Waals surface area contributed by atoms with Crippen molar-refractivity contribution < 1.29 is 19.1 Å². The van der Waals surface area contributed by atoms with Crippen LogP contribution in [-0.2, 0) is 20.9 Å². The minimum atomic E-state index is -0.660. The summed E-state index contributed by atoms with van der Waals surface area (Å²) in [4.78, 5) is 43.8. The van der Waals surface area contributed by atoms with Crippen LogP contribution in [0.3, 0.4) is 0 Å². The molecular formula is C39H40Cl2N2O4. The third kappa shape index (κ3) is 6.90. The van der Waals surface area contributed by atoms with E-state index in [1.165, 1.54) is 0 Å². The summed E-state index contributed by atoms with van der Waals surface area (Å²) in [6.07, 6.45) is 2.09. The molecule has 1 amide bonds. The van der Waals surface area contributed by atoms with Crippen molar-refractivity contribution in [1.29, 1.82) is 0 Å². The molecule has 0 saturated heterocycles. The number of halogens is 2. The van der Waals surface area contributed by atoms with E-state index in [4.69, 9.17) is 27.9 Å². The van der Waals surface area contributed by atoms with Gasteiger partial charge < -0.3 is 15.0 Å². The number of nitrogens with one attached hydrogen (secondary N) is 1. The van der Waals surface area contributed by atoms with Gasteiger partial charge in [-0.1, -0.05) is 87.3 Å². The lowest BCUT2D eigenvalue weighted by atomic mass is 9.63. The molecule has 244 valence electrons. The van der Waals surface area contributed by atoms with Crippen molar-refractivity contribution in [3.8, 4) is 5.75 Å². The van der Waals surface area contributed by atoms with Crippen LogP contribution in [0.15, 0.2) is 89.3 Å². The van der Waals surface area contributed by atoms with Crippen LogP contribution < -0.4 is 10.1 Å². The number of carbonyl (C=O) groups is 3. The minimum Gasteiger partial charge on any atom is -0.483 e. The monoisotopic (exact) mass is 670 g/mol. The van der Waals surface area contributed by atoms with Gasteiger partial charge in [0.2, 0.25) is 0 Å². The van der Waals surface area contributed by atoms with Crippen molar-refractivity contribution in [1.82, 2.24) is 4.90 Å². The number of hydrogen-bond acceptors (Lipinski definition) is 5. The zero-order chi connectivity index (χ0) is 33.7. The SMILES string of the molecule is Cc1ccc(NC(=O)COc2ccc(Cl)cc2C2C3=C(CC(C)(C)CC3=O)N(Cc3ccccc3)C3=C2C(=O)CC(C)(C)C3)cc1Cl. The normalized spacial score (nSPS) is 19.0. The van der Waals surface area contributed by atoms with Crippen LogP contribution in [0.2, 0.25) is 10.0 Å². The Kier molecular flexibility index (Phi) is 8.88. The Morgan fingerprint density at radius 2 is 1.47 bits per heavy atom. The first-order chi connectivity index (χ1) is 22.2. The summed E-state index contributed by atoms with van der Waals surface area (Å²) in [6, 6.07) is 20.7. The number of ether oxygens (including phenoxy) is 1. The topological polar surface area (TPSA) is 75.7 Å². The number of benzene rings is 3. The Hall–Kier alpha value is -3.87. The summed E-state index contributed by atoms with van der Waals surface area (Å²) in [5.74, 6) is -0.588. The molecule has 6 rings (SSSR count). The Morgan fingerprint density at radius 1 is 0.851 bits per heavy atom. The summed E-state index contributed by atoms with van der Waals surface area (Å²) in [5, 5.41) is 3.84. The van der Waals surface area contributed by atoms with E-state index >= 15 is 0 Å². The first-order valence-electron chi connectivity index (χ1n) is 16.0. The Balaban J connectivity index is 1.45. The lowest BCUT2D eigenvalue weighted by Crippen LogP contribution is -2.44. The first-order valence-corrected chi connectivity index (χ1v) is 16.8. The van der Waals surface area contributed by atoms with Crippen molar-refractivity contribution in [3.05, 3.63) is 116 Å². The predicted molar refractivity (Wildman–Crippen MR) is 187 cm³/mol. The number of ketones is 2. The van der Waals surface area contributed by atoms with Gasteiger partial charge in [-0.3, -0.25) is 14.4 Å². The largest absolute Gasteiger partial charge is 0.483 e. The molecule has 2 aliphatic carbocycles. The number of rotatable bonds is 7. The molecule has 0 saturated carbocycles. The second-order valence-corrected chi connectivity index (χ2v) is 15.4. The van der Waals surface area contributed by atoms with E-state index in [-0.39, 0.29) is 34.9 Å². The van der Waals surface area contributed by atoms with Gasteiger partial charge in [0, 0.05) is 69.1 Å². The molecule has 0 atom stereocenters. The van der Waals surface area contributed by atoms with Crippen molar-refractivity contribution in [3.63, 3.8) is 0 Å². The Morgan fingerprint density at radius 3 is 2.06 bits per heavy atom. The van der Waals surface area contributed by atoms with Crippen molar-refractivity contribution in [2.24, 2.45) is 10.8 Å². The average Bonchev–Trinajstić information content (AvgIpc) is 2.98. The summed E-state index contributed by atoms with van der Waals surface area (Å²) < 4.78 is 6.18. The fourth-order valence-electron chi connectivity index (χ4n) is 7.20. The molecule has 0 spiro atoms. The number of anilines is 1. The highest BCUT2D eigenvalue weighted by atomic mass is 35.5. The third-order valence-electron chi connectivity index (χ3n) is 9.30. The van der Waals surface area contributed by atoms with Crippen LogP contribution >= 0.6 is 23.2 Å². The molecule has 3 aromatic rings. The molecule has 0 radical (unpaired) electrons. The van der Waals surface area contributed by atoms with Gasteiger partial charge in [0.05, 0.1) is 0 Å². The van der Waals surface area contributed by atoms with Gasteiger partial charge in [-0.05, 0) is 72.1 Å². The molecule has 1 heterocycles. The molecule has 8 heteroatoms. The summed E-state index contributed by atoms with van der Waals surface area (Å²) in [5.41, 5.74) is 5.81. The summed E-state index contributed by atoms with van der Waals surface area (Å²) in [7, 11) is 0. The van der Waals surface area contributed by atoms with E-state index in [0.29, 0.717) is 70.4 Å².